The number of aliphatic hydroxyl groups is 5. The molecule has 0 spiro atoms. The van der Waals surface area contributed by atoms with Crippen molar-refractivity contribution in [3.63, 3.8) is 0 Å². The Balaban J connectivity index is 2.50. The van der Waals surface area contributed by atoms with Gasteiger partial charge in [0.15, 0.2) is 6.10 Å². The summed E-state index contributed by atoms with van der Waals surface area (Å²) in [5.74, 6) is -1.16. The van der Waals surface area contributed by atoms with E-state index in [1.54, 1.807) is 0 Å². The Bertz CT molecular complexity index is 1180. The number of aliphatic hydroxyl groups excluding tert-OH is 5. The van der Waals surface area contributed by atoms with Gasteiger partial charge in [0, 0.05) is 12.8 Å². The number of hydrogen-bond donors (Lipinski definition) is 6. The van der Waals surface area contributed by atoms with E-state index in [1.807, 2.05) is 12.2 Å². The van der Waals surface area contributed by atoms with Gasteiger partial charge in [-0.1, -0.05) is 159 Å². The lowest BCUT2D eigenvalue weighted by atomic mass is 9.85. The highest BCUT2D eigenvalue weighted by Gasteiger charge is 2.51. The molecule has 0 bridgehead atoms. The molecule has 1 aliphatic rings. The zero-order valence-corrected chi connectivity index (χ0v) is 37.2. The van der Waals surface area contributed by atoms with Crippen LogP contribution >= 0.6 is 7.82 Å². The van der Waals surface area contributed by atoms with E-state index in [2.05, 4.69) is 38.2 Å². The van der Waals surface area contributed by atoms with Crippen LogP contribution in [0, 0.1) is 0 Å². The molecular weight excluding hydrogens is 779 g/mol. The Morgan fingerprint density at radius 1 is 0.525 bits per heavy atom. The summed E-state index contributed by atoms with van der Waals surface area (Å²) in [5, 5.41) is 50.1. The average Bonchev–Trinajstić information content (AvgIpc) is 3.21. The van der Waals surface area contributed by atoms with Crippen LogP contribution in [0.25, 0.3) is 0 Å². The average molecular weight is 861 g/mol. The molecule has 6 unspecified atom stereocenters. The fourth-order valence-corrected chi connectivity index (χ4v) is 7.75. The number of rotatable bonds is 37. The van der Waals surface area contributed by atoms with Gasteiger partial charge in [0.1, 0.15) is 43.2 Å². The van der Waals surface area contributed by atoms with Crippen molar-refractivity contribution in [2.75, 3.05) is 13.2 Å². The molecule has 344 valence electrons. The van der Waals surface area contributed by atoms with Crippen LogP contribution in [0.5, 0.6) is 0 Å². The maximum Gasteiger partial charge on any atom is 0.472 e. The molecule has 0 aliphatic heterocycles. The molecule has 1 aliphatic carbocycles. The number of hydrogen-bond acceptors (Lipinski definition) is 12. The predicted octanol–water partition coefficient (Wildman–Crippen LogP) is 8.61. The highest BCUT2D eigenvalue weighted by molar-refractivity contribution is 7.47. The third-order valence-corrected chi connectivity index (χ3v) is 11.5. The molecule has 0 aromatic carbocycles. The number of allylic oxidation sites excluding steroid dienone is 6. The van der Waals surface area contributed by atoms with Crippen LogP contribution in [0.2, 0.25) is 0 Å². The molecule has 6 N–H and O–H groups in total. The summed E-state index contributed by atoms with van der Waals surface area (Å²) in [7, 11) is -5.12. The van der Waals surface area contributed by atoms with E-state index in [0.717, 1.165) is 44.9 Å². The molecule has 0 radical (unpaired) electrons. The summed E-state index contributed by atoms with van der Waals surface area (Å²) in [5.41, 5.74) is 0. The molecule has 0 amide bonds. The Kier molecular flexibility index (Phi) is 33.3. The van der Waals surface area contributed by atoms with Crippen molar-refractivity contribution in [2.24, 2.45) is 0 Å². The van der Waals surface area contributed by atoms with E-state index >= 15 is 0 Å². The van der Waals surface area contributed by atoms with Crippen LogP contribution in [-0.2, 0) is 32.7 Å². The monoisotopic (exact) mass is 861 g/mol. The quantitative estimate of drug-likeness (QED) is 0.0150. The lowest BCUT2D eigenvalue weighted by Gasteiger charge is -2.41. The molecule has 1 saturated carbocycles. The van der Waals surface area contributed by atoms with Gasteiger partial charge in [-0.25, -0.2) is 4.57 Å². The molecule has 1 fully saturated rings. The summed E-state index contributed by atoms with van der Waals surface area (Å²) in [4.78, 5) is 35.6. The summed E-state index contributed by atoms with van der Waals surface area (Å²) < 4.78 is 33.4. The van der Waals surface area contributed by atoms with E-state index in [0.29, 0.717) is 19.3 Å². The van der Waals surface area contributed by atoms with E-state index in [4.69, 9.17) is 18.5 Å². The maximum atomic E-state index is 12.8. The van der Waals surface area contributed by atoms with Crippen LogP contribution in [0.15, 0.2) is 36.5 Å². The van der Waals surface area contributed by atoms with Gasteiger partial charge >= 0.3 is 19.8 Å². The lowest BCUT2D eigenvalue weighted by molar-refractivity contribution is -0.220. The lowest BCUT2D eigenvalue weighted by Crippen LogP contribution is -2.64. The zero-order chi connectivity index (χ0) is 43.6. The van der Waals surface area contributed by atoms with Gasteiger partial charge < -0.3 is 39.9 Å². The minimum Gasteiger partial charge on any atom is -0.462 e. The van der Waals surface area contributed by atoms with E-state index in [-0.39, 0.29) is 12.8 Å². The Morgan fingerprint density at radius 3 is 1.44 bits per heavy atom. The van der Waals surface area contributed by atoms with Crippen molar-refractivity contribution in [3.8, 4) is 0 Å². The highest BCUT2D eigenvalue weighted by atomic mass is 31.2. The van der Waals surface area contributed by atoms with Crippen molar-refractivity contribution < 1.29 is 63.1 Å². The van der Waals surface area contributed by atoms with Crippen LogP contribution in [-0.4, -0.2) is 98.3 Å². The van der Waals surface area contributed by atoms with Gasteiger partial charge in [-0.3, -0.25) is 18.6 Å². The van der Waals surface area contributed by atoms with Crippen LogP contribution in [0.1, 0.15) is 181 Å². The highest BCUT2D eigenvalue weighted by Crippen LogP contribution is 2.47. The number of phosphoric ester groups is 1. The van der Waals surface area contributed by atoms with Crippen molar-refractivity contribution in [1.29, 1.82) is 0 Å². The van der Waals surface area contributed by atoms with Gasteiger partial charge in [-0.2, -0.15) is 0 Å². The molecule has 0 heterocycles. The third kappa shape index (κ3) is 28.3. The van der Waals surface area contributed by atoms with Crippen molar-refractivity contribution >= 4 is 19.8 Å². The number of esters is 2. The molecular formula is C45H81O13P. The van der Waals surface area contributed by atoms with Gasteiger partial charge in [0.2, 0.25) is 0 Å². The predicted molar refractivity (Wildman–Crippen MR) is 230 cm³/mol. The summed E-state index contributed by atoms with van der Waals surface area (Å²) in [6, 6.07) is 0. The van der Waals surface area contributed by atoms with Crippen LogP contribution in [0.3, 0.4) is 0 Å². The van der Waals surface area contributed by atoms with Gasteiger partial charge in [0.25, 0.3) is 0 Å². The second-order valence-corrected chi connectivity index (χ2v) is 17.3. The van der Waals surface area contributed by atoms with Crippen molar-refractivity contribution in [3.05, 3.63) is 36.5 Å². The minimum atomic E-state index is -5.12. The molecule has 13 nitrogen and oxygen atoms in total. The van der Waals surface area contributed by atoms with Gasteiger partial charge in [-0.15, -0.1) is 0 Å². The van der Waals surface area contributed by atoms with Crippen LogP contribution in [0.4, 0.5) is 0 Å². The molecule has 1 rings (SSSR count). The number of ether oxygens (including phenoxy) is 2. The van der Waals surface area contributed by atoms with Crippen molar-refractivity contribution in [1.82, 2.24) is 0 Å². The molecule has 14 heteroatoms. The number of carbonyl (C=O) groups excluding carboxylic acids is 2. The van der Waals surface area contributed by atoms with E-state index in [1.165, 1.54) is 89.9 Å². The minimum absolute atomic E-state index is 0.0888. The number of phosphoric acid groups is 1. The zero-order valence-electron chi connectivity index (χ0n) is 36.3. The van der Waals surface area contributed by atoms with E-state index < -0.39 is 75.7 Å². The Hall–Kier alpha value is -1.93. The first kappa shape index (κ1) is 55.1. The van der Waals surface area contributed by atoms with Crippen LogP contribution < -0.4 is 0 Å². The molecule has 8 atom stereocenters. The molecule has 0 aromatic rings. The fourth-order valence-electron chi connectivity index (χ4n) is 6.77. The SMILES string of the molecule is CCCCCCCCC=CCC=CCC=CCCCC(=O)OC[C@H](COP(=O)(O)OC1C(O)C(O)C(O)[C@@H](O)C1O)OC(=O)CCCCCCCCCCCCCCC. The normalized spacial score (nSPS) is 22.6. The molecule has 59 heavy (non-hydrogen) atoms. The van der Waals surface area contributed by atoms with Crippen molar-refractivity contribution in [2.45, 2.75) is 224 Å². The fraction of sp³-hybridized carbons (Fsp3) is 0.822. The van der Waals surface area contributed by atoms with Gasteiger partial charge in [0.05, 0.1) is 6.61 Å². The largest absolute Gasteiger partial charge is 0.472 e. The first-order valence-electron chi connectivity index (χ1n) is 22.8. The smallest absolute Gasteiger partial charge is 0.462 e. The van der Waals surface area contributed by atoms with Gasteiger partial charge in [-0.05, 0) is 44.9 Å². The number of carbonyl (C=O) groups is 2. The summed E-state index contributed by atoms with van der Waals surface area (Å²) in [6.07, 6.45) is 26.4. The number of unbranched alkanes of at least 4 members (excludes halogenated alkanes) is 19. The summed E-state index contributed by atoms with van der Waals surface area (Å²) in [6.45, 7) is 3.24. The van der Waals surface area contributed by atoms with E-state index in [9.17, 15) is 44.6 Å². The molecule has 0 saturated heterocycles. The summed E-state index contributed by atoms with van der Waals surface area (Å²) >= 11 is 0. The first-order valence-corrected chi connectivity index (χ1v) is 24.3. The third-order valence-electron chi connectivity index (χ3n) is 10.5. The first-order chi connectivity index (χ1) is 28.4. The Labute approximate surface area is 355 Å². The maximum absolute atomic E-state index is 12.8. The standard InChI is InChI=1S/C45H81O13P/c1-3-5-7-9-11-13-15-17-18-19-20-22-23-25-27-29-31-33-38(46)55-35-37(36-56-59(53,54)58-45-43(51)41(49)40(48)42(50)44(45)52)57-39(47)34-32-30-28-26-24-21-16-14-12-10-8-6-4-2/h17-18,20,22,25,27,37,40-45,48-52H,3-16,19,21,23-24,26,28-36H2,1-2H3,(H,53,54)/t37-,40?,41-,42?,43?,44?,45?/m1/s1. The molecule has 0 aromatic heterocycles. The second-order valence-electron chi connectivity index (χ2n) is 15.9. The Morgan fingerprint density at radius 2 is 0.932 bits per heavy atom. The second kappa shape index (κ2) is 35.6. The topological polar surface area (TPSA) is 210 Å².